The lowest BCUT2D eigenvalue weighted by Gasteiger charge is -2.37. The molecule has 23 heavy (non-hydrogen) atoms. The summed E-state index contributed by atoms with van der Waals surface area (Å²) >= 11 is 0. The maximum Gasteiger partial charge on any atom is 0.472 e. The second-order valence-corrected chi connectivity index (χ2v) is 7.15. The molecule has 1 aliphatic heterocycles. The maximum absolute atomic E-state index is 11.8. The first-order valence-electron chi connectivity index (χ1n) is 7.70. The number of morpholine rings is 1. The van der Waals surface area contributed by atoms with Gasteiger partial charge in [-0.15, -0.1) is 0 Å². The molecule has 0 spiro atoms. The van der Waals surface area contributed by atoms with Gasteiger partial charge in [0.15, 0.2) is 0 Å². The number of phosphoric acid groups is 1. The van der Waals surface area contributed by atoms with Crippen molar-refractivity contribution < 1.29 is 32.5 Å². The molecule has 1 aromatic rings. The van der Waals surface area contributed by atoms with Crippen molar-refractivity contribution in [3.63, 3.8) is 0 Å². The van der Waals surface area contributed by atoms with E-state index < -0.39 is 7.82 Å². The lowest BCUT2D eigenvalue weighted by Crippen LogP contribution is -2.53. The molecule has 2 rings (SSSR count). The van der Waals surface area contributed by atoms with E-state index in [1.807, 2.05) is 30.3 Å². The Bertz CT molecular complexity index is 506. The molecule has 1 saturated heterocycles. The van der Waals surface area contributed by atoms with E-state index in [0.29, 0.717) is 25.5 Å². The molecule has 0 radical (unpaired) electrons. The molecule has 1 atom stereocenters. The lowest BCUT2D eigenvalue weighted by molar-refractivity contribution is -0.916. The average Bonchev–Trinajstić information content (AvgIpc) is 2.53. The molecule has 130 valence electrons. The normalized spacial score (nSPS) is 19.9. The second-order valence-electron chi connectivity index (χ2n) is 5.70. The van der Waals surface area contributed by atoms with E-state index in [2.05, 4.69) is 7.05 Å². The molecule has 0 saturated carbocycles. The predicted octanol–water partition coefficient (Wildman–Crippen LogP) is 1.68. The van der Waals surface area contributed by atoms with E-state index in [4.69, 9.17) is 18.5 Å². The minimum atomic E-state index is -4.03. The van der Waals surface area contributed by atoms with Gasteiger partial charge in [-0.2, -0.15) is 0 Å². The van der Waals surface area contributed by atoms with E-state index in [0.717, 1.165) is 17.6 Å². The highest BCUT2D eigenvalue weighted by Gasteiger charge is 2.27. The Morgan fingerprint density at radius 1 is 1.13 bits per heavy atom. The summed E-state index contributed by atoms with van der Waals surface area (Å²) in [6.07, 6.45) is 0. The van der Waals surface area contributed by atoms with E-state index in [1.54, 1.807) is 0 Å². The van der Waals surface area contributed by atoms with Gasteiger partial charge >= 0.3 is 7.82 Å². The molecule has 1 aliphatic rings. The first kappa shape index (κ1) is 18.4. The van der Waals surface area contributed by atoms with Crippen LogP contribution in [0.4, 0.5) is 0 Å². The smallest absolute Gasteiger partial charge is 0.472 e. The summed E-state index contributed by atoms with van der Waals surface area (Å²) in [5, 5.41) is 0. The monoisotopic (exact) mass is 346 g/mol. The highest BCUT2D eigenvalue weighted by molar-refractivity contribution is 7.47. The van der Waals surface area contributed by atoms with Crippen LogP contribution in [0.3, 0.4) is 0 Å². The van der Waals surface area contributed by atoms with Crippen molar-refractivity contribution >= 4 is 7.82 Å². The summed E-state index contributed by atoms with van der Waals surface area (Å²) in [6.45, 7) is 4.17. The van der Waals surface area contributed by atoms with Gasteiger partial charge in [0.05, 0.1) is 26.9 Å². The molecule has 1 aromatic carbocycles. The molecule has 0 bridgehead atoms. The van der Waals surface area contributed by atoms with Gasteiger partial charge in [-0.05, 0) is 12.1 Å². The van der Waals surface area contributed by atoms with Gasteiger partial charge in [0.1, 0.15) is 38.6 Å². The van der Waals surface area contributed by atoms with Crippen molar-refractivity contribution in [2.75, 3.05) is 59.7 Å². The highest BCUT2D eigenvalue weighted by Crippen LogP contribution is 2.42. The van der Waals surface area contributed by atoms with Crippen molar-refractivity contribution in [1.82, 2.24) is 0 Å². The predicted molar refractivity (Wildman–Crippen MR) is 85.3 cm³/mol. The Balaban J connectivity index is 1.61. The topological polar surface area (TPSA) is 74.2 Å². The Hall–Kier alpha value is -0.950. The molecule has 1 heterocycles. The van der Waals surface area contributed by atoms with E-state index in [1.165, 1.54) is 0 Å². The molecule has 0 aromatic heterocycles. The highest BCUT2D eigenvalue weighted by atomic mass is 31.2. The summed E-state index contributed by atoms with van der Waals surface area (Å²) in [5.41, 5.74) is 0. The summed E-state index contributed by atoms with van der Waals surface area (Å²) in [5.74, 6) is 0.689. The Morgan fingerprint density at radius 3 is 2.48 bits per heavy atom. The zero-order chi connectivity index (χ0) is 16.6. The molecular formula is C15H25NO6P+. The van der Waals surface area contributed by atoms with Crippen molar-refractivity contribution in [3.05, 3.63) is 30.3 Å². The van der Waals surface area contributed by atoms with Gasteiger partial charge in [-0.1, -0.05) is 18.2 Å². The first-order chi connectivity index (χ1) is 11.0. The number of hydrogen-bond acceptors (Lipinski definition) is 5. The van der Waals surface area contributed by atoms with Crippen molar-refractivity contribution in [3.8, 4) is 5.75 Å². The number of phosphoric ester groups is 1. The van der Waals surface area contributed by atoms with Crippen LogP contribution in [0.5, 0.6) is 5.75 Å². The Labute approximate surface area is 136 Å². The molecule has 7 nitrogen and oxygen atoms in total. The minimum absolute atomic E-state index is 0.0113. The molecule has 0 amide bonds. The van der Waals surface area contributed by atoms with Crippen LogP contribution in [0.15, 0.2) is 30.3 Å². The molecule has 0 aliphatic carbocycles. The number of benzene rings is 1. The number of likely N-dealkylation sites (N-methyl/N-ethyl adjacent to an activating group) is 1. The molecule has 1 fully saturated rings. The molecule has 1 unspecified atom stereocenters. The third-order valence-corrected chi connectivity index (χ3v) is 4.80. The zero-order valence-corrected chi connectivity index (χ0v) is 14.3. The maximum atomic E-state index is 11.8. The van der Waals surface area contributed by atoms with Crippen LogP contribution in [0.25, 0.3) is 0 Å². The fraction of sp³-hybridized carbons (Fsp3) is 0.600. The van der Waals surface area contributed by atoms with Crippen LogP contribution in [-0.2, 0) is 18.3 Å². The third-order valence-electron chi connectivity index (χ3n) is 3.79. The average molecular weight is 346 g/mol. The van der Waals surface area contributed by atoms with Crippen molar-refractivity contribution in [2.24, 2.45) is 0 Å². The fourth-order valence-corrected chi connectivity index (χ4v) is 2.94. The third kappa shape index (κ3) is 6.99. The van der Waals surface area contributed by atoms with Crippen molar-refractivity contribution in [2.45, 2.75) is 0 Å². The van der Waals surface area contributed by atoms with E-state index in [-0.39, 0.29) is 19.8 Å². The molecule has 1 N–H and O–H groups in total. The summed E-state index contributed by atoms with van der Waals surface area (Å²) < 4.78 is 33.2. The van der Waals surface area contributed by atoms with Crippen LogP contribution in [-0.4, -0.2) is 69.1 Å². The van der Waals surface area contributed by atoms with Gasteiger partial charge in [0.2, 0.25) is 0 Å². The standard InChI is InChI=1S/C15H24NO6P/c1-16(7-10-19-11-8-16)9-12-21-23(17,18)22-14-13-20-15-5-3-2-4-6-15/h2-6H,7-14H2,1H3/p+1. The largest absolute Gasteiger partial charge is 0.491 e. The zero-order valence-electron chi connectivity index (χ0n) is 13.4. The molecular weight excluding hydrogens is 321 g/mol. The molecule has 8 heteroatoms. The number of hydrogen-bond donors (Lipinski definition) is 1. The van der Waals surface area contributed by atoms with Gasteiger partial charge in [0, 0.05) is 0 Å². The number of para-hydroxylation sites is 1. The summed E-state index contributed by atoms with van der Waals surface area (Å²) in [6, 6.07) is 9.20. The first-order valence-corrected chi connectivity index (χ1v) is 9.20. The Morgan fingerprint density at radius 2 is 1.78 bits per heavy atom. The number of quaternary nitrogens is 1. The van der Waals surface area contributed by atoms with Crippen LogP contribution in [0.2, 0.25) is 0 Å². The van der Waals surface area contributed by atoms with Crippen LogP contribution in [0, 0.1) is 0 Å². The number of rotatable bonds is 9. The fourth-order valence-electron chi connectivity index (χ4n) is 2.25. The number of ether oxygens (including phenoxy) is 2. The van der Waals surface area contributed by atoms with Gasteiger partial charge < -0.3 is 18.9 Å². The quantitative estimate of drug-likeness (QED) is 0.417. The van der Waals surface area contributed by atoms with E-state index >= 15 is 0 Å². The lowest BCUT2D eigenvalue weighted by atomic mass is 10.3. The van der Waals surface area contributed by atoms with Gasteiger partial charge in [-0.25, -0.2) is 4.57 Å². The van der Waals surface area contributed by atoms with E-state index in [9.17, 15) is 9.46 Å². The van der Waals surface area contributed by atoms with Gasteiger partial charge in [-0.3, -0.25) is 9.05 Å². The summed E-state index contributed by atoms with van der Waals surface area (Å²) in [4.78, 5) is 9.65. The van der Waals surface area contributed by atoms with Gasteiger partial charge in [0.25, 0.3) is 0 Å². The second kappa shape index (κ2) is 8.78. The van der Waals surface area contributed by atoms with Crippen LogP contribution in [0.1, 0.15) is 0 Å². The summed E-state index contributed by atoms with van der Waals surface area (Å²) in [7, 11) is -1.95. The SMILES string of the molecule is C[N+]1(CCOP(=O)(O)OCCOc2ccccc2)CCOCC1. The minimum Gasteiger partial charge on any atom is -0.491 e. The van der Waals surface area contributed by atoms with Crippen LogP contribution < -0.4 is 4.74 Å². The Kier molecular flexibility index (Phi) is 7.02. The van der Waals surface area contributed by atoms with Crippen LogP contribution >= 0.6 is 7.82 Å². The van der Waals surface area contributed by atoms with Crippen molar-refractivity contribution in [1.29, 1.82) is 0 Å². The number of nitrogens with zero attached hydrogens (tertiary/aromatic N) is 1.